The first-order valence-electron chi connectivity index (χ1n) is 10.8. The van der Waals surface area contributed by atoms with Crippen molar-refractivity contribution in [3.05, 3.63) is 59.4 Å². The van der Waals surface area contributed by atoms with Crippen molar-refractivity contribution in [3.8, 4) is 0 Å². The van der Waals surface area contributed by atoms with Crippen LogP contribution in [-0.4, -0.2) is 18.8 Å². The second kappa shape index (κ2) is 13.3. The molecule has 1 aliphatic rings. The van der Waals surface area contributed by atoms with Gasteiger partial charge in [-0.25, -0.2) is 0 Å². The molecule has 0 saturated carbocycles. The lowest BCUT2D eigenvalue weighted by Gasteiger charge is -2.06. The van der Waals surface area contributed by atoms with Gasteiger partial charge in [0.1, 0.15) is 11.5 Å². The van der Waals surface area contributed by atoms with E-state index in [4.69, 9.17) is 4.84 Å². The van der Waals surface area contributed by atoms with Gasteiger partial charge in [0.05, 0.1) is 6.54 Å². The van der Waals surface area contributed by atoms with E-state index in [1.807, 2.05) is 18.2 Å². The fourth-order valence-corrected chi connectivity index (χ4v) is 3.21. The molecule has 0 aromatic heterocycles. The zero-order valence-electron chi connectivity index (χ0n) is 17.2. The van der Waals surface area contributed by atoms with Crippen LogP contribution in [0.25, 0.3) is 0 Å². The molecule has 0 aliphatic carbocycles. The summed E-state index contributed by atoms with van der Waals surface area (Å²) < 4.78 is 0. The third-order valence-corrected chi connectivity index (χ3v) is 4.92. The minimum atomic E-state index is 0. The summed E-state index contributed by atoms with van der Waals surface area (Å²) in [6.07, 6.45) is 18.1. The van der Waals surface area contributed by atoms with Crippen LogP contribution < -0.4 is 5.32 Å². The molecule has 27 heavy (non-hydrogen) atoms. The molecule has 0 fully saturated rings. The molecule has 3 heteroatoms. The summed E-state index contributed by atoms with van der Waals surface area (Å²) in [4.78, 5) is 5.55. The van der Waals surface area contributed by atoms with E-state index in [1.165, 1.54) is 63.4 Å². The van der Waals surface area contributed by atoms with Gasteiger partial charge < -0.3 is 10.2 Å². The van der Waals surface area contributed by atoms with Crippen LogP contribution in [0.15, 0.2) is 53.4 Å². The van der Waals surface area contributed by atoms with Gasteiger partial charge in [-0.2, -0.15) is 0 Å². The van der Waals surface area contributed by atoms with Crippen LogP contribution in [0.5, 0.6) is 0 Å². The monoisotopic (exact) mass is 370 g/mol. The Kier molecular flexibility index (Phi) is 10.6. The average Bonchev–Trinajstić information content (AvgIpc) is 2.94. The predicted molar refractivity (Wildman–Crippen MR) is 118 cm³/mol. The van der Waals surface area contributed by atoms with E-state index in [9.17, 15) is 0 Å². The maximum absolute atomic E-state index is 5.55. The molecule has 0 unspecified atom stereocenters. The SMILES string of the molecule is CCCCCCCCCCc1ccc(C2=NOC(CNCC)=CC=C2)cc1.[HH]. The molecule has 1 aromatic rings. The lowest BCUT2D eigenvalue weighted by atomic mass is 10.0. The highest BCUT2D eigenvalue weighted by atomic mass is 16.6. The fraction of sp³-hybridized carbons (Fsp3) is 0.542. The van der Waals surface area contributed by atoms with E-state index in [0.717, 1.165) is 23.6 Å². The molecule has 150 valence electrons. The molecule has 0 radical (unpaired) electrons. The van der Waals surface area contributed by atoms with Crippen molar-refractivity contribution in [1.29, 1.82) is 0 Å². The summed E-state index contributed by atoms with van der Waals surface area (Å²) in [6, 6.07) is 8.76. The lowest BCUT2D eigenvalue weighted by molar-refractivity contribution is 0.221. The maximum atomic E-state index is 5.55. The Labute approximate surface area is 167 Å². The Morgan fingerprint density at radius 2 is 1.63 bits per heavy atom. The van der Waals surface area contributed by atoms with E-state index in [0.29, 0.717) is 6.54 Å². The van der Waals surface area contributed by atoms with Gasteiger partial charge in [0.15, 0.2) is 0 Å². The van der Waals surface area contributed by atoms with E-state index < -0.39 is 0 Å². The number of hydrogen-bond donors (Lipinski definition) is 1. The number of aryl methyl sites for hydroxylation is 1. The molecule has 0 spiro atoms. The number of nitrogens with one attached hydrogen (secondary N) is 1. The Morgan fingerprint density at radius 1 is 0.926 bits per heavy atom. The van der Waals surface area contributed by atoms with Gasteiger partial charge in [-0.15, -0.1) is 0 Å². The zero-order valence-corrected chi connectivity index (χ0v) is 17.2. The first-order chi connectivity index (χ1) is 13.3. The summed E-state index contributed by atoms with van der Waals surface area (Å²) in [5, 5.41) is 7.55. The lowest BCUT2D eigenvalue weighted by Crippen LogP contribution is -2.16. The molecule has 0 bridgehead atoms. The number of likely N-dealkylation sites (N-methyl/N-ethyl adjacent to an activating group) is 1. The number of allylic oxidation sites excluding steroid dienone is 3. The summed E-state index contributed by atoms with van der Waals surface area (Å²) in [6.45, 7) is 5.98. The standard InChI is InChI=1S/C24H36N2O.H2/c1-3-5-6-7-8-9-10-11-13-21-16-18-22(19-17-21)24-15-12-14-23(27-26-24)20-25-4-2;/h12,14-19,25H,3-11,13,20H2,1-2H3;1H. The number of unbranched alkanes of at least 4 members (excludes halogenated alkanes) is 7. The highest BCUT2D eigenvalue weighted by Crippen LogP contribution is 2.14. The second-order valence-electron chi connectivity index (χ2n) is 7.26. The topological polar surface area (TPSA) is 33.6 Å². The Bertz CT molecular complexity index is 620. The molecular weight excluding hydrogens is 332 g/mol. The van der Waals surface area contributed by atoms with Crippen molar-refractivity contribution in [2.24, 2.45) is 5.16 Å². The molecule has 0 amide bonds. The van der Waals surface area contributed by atoms with Crippen molar-refractivity contribution in [1.82, 2.24) is 5.32 Å². The molecule has 1 aliphatic heterocycles. The van der Waals surface area contributed by atoms with Crippen LogP contribution in [0.1, 0.15) is 77.8 Å². The van der Waals surface area contributed by atoms with Crippen LogP contribution in [0.4, 0.5) is 0 Å². The average molecular weight is 371 g/mol. The fourth-order valence-electron chi connectivity index (χ4n) is 3.21. The molecule has 0 atom stereocenters. The summed E-state index contributed by atoms with van der Waals surface area (Å²) in [5.41, 5.74) is 3.38. The number of nitrogens with zero attached hydrogens (tertiary/aromatic N) is 1. The van der Waals surface area contributed by atoms with E-state index >= 15 is 0 Å². The number of hydrogen-bond acceptors (Lipinski definition) is 3. The van der Waals surface area contributed by atoms with Crippen molar-refractivity contribution >= 4 is 5.71 Å². The minimum Gasteiger partial charge on any atom is -0.359 e. The van der Waals surface area contributed by atoms with Gasteiger partial charge in [0, 0.05) is 6.99 Å². The smallest absolute Gasteiger partial charge is 0.148 e. The van der Waals surface area contributed by atoms with Crippen molar-refractivity contribution in [2.75, 3.05) is 13.1 Å². The van der Waals surface area contributed by atoms with E-state index in [-0.39, 0.29) is 1.43 Å². The van der Waals surface area contributed by atoms with Crippen LogP contribution in [0.3, 0.4) is 0 Å². The summed E-state index contributed by atoms with van der Waals surface area (Å²) in [7, 11) is 0. The Balaban J connectivity index is 0.00000392. The third kappa shape index (κ3) is 8.57. The summed E-state index contributed by atoms with van der Waals surface area (Å²) >= 11 is 0. The normalized spacial score (nSPS) is 13.7. The largest absolute Gasteiger partial charge is 0.359 e. The zero-order chi connectivity index (χ0) is 19.2. The van der Waals surface area contributed by atoms with Crippen LogP contribution in [-0.2, 0) is 11.3 Å². The predicted octanol–water partition coefficient (Wildman–Crippen LogP) is 6.40. The molecule has 1 heterocycles. The Morgan fingerprint density at radius 3 is 2.33 bits per heavy atom. The van der Waals surface area contributed by atoms with E-state index in [2.05, 4.69) is 48.6 Å². The van der Waals surface area contributed by atoms with Gasteiger partial charge in [0.2, 0.25) is 0 Å². The van der Waals surface area contributed by atoms with Gasteiger partial charge in [-0.1, -0.05) is 94.3 Å². The number of benzene rings is 1. The first kappa shape index (κ1) is 21.4. The van der Waals surface area contributed by atoms with Gasteiger partial charge in [-0.05, 0) is 37.1 Å². The molecule has 0 saturated heterocycles. The highest BCUT2D eigenvalue weighted by Gasteiger charge is 2.06. The second-order valence-corrected chi connectivity index (χ2v) is 7.26. The van der Waals surface area contributed by atoms with Crippen LogP contribution >= 0.6 is 0 Å². The van der Waals surface area contributed by atoms with Crippen molar-refractivity contribution in [2.45, 2.75) is 71.6 Å². The number of oxime groups is 1. The molecule has 1 aromatic carbocycles. The van der Waals surface area contributed by atoms with Crippen molar-refractivity contribution < 1.29 is 6.26 Å². The van der Waals surface area contributed by atoms with Gasteiger partial charge in [0.25, 0.3) is 0 Å². The van der Waals surface area contributed by atoms with Gasteiger partial charge >= 0.3 is 0 Å². The third-order valence-electron chi connectivity index (χ3n) is 4.92. The van der Waals surface area contributed by atoms with Crippen molar-refractivity contribution in [3.63, 3.8) is 0 Å². The maximum Gasteiger partial charge on any atom is 0.148 e. The molecular formula is C24H38N2O. The molecule has 1 N–H and O–H groups in total. The Hall–Kier alpha value is -1.87. The van der Waals surface area contributed by atoms with Gasteiger partial charge in [-0.3, -0.25) is 0 Å². The molecule has 3 nitrogen and oxygen atoms in total. The highest BCUT2D eigenvalue weighted by molar-refractivity contribution is 6.08. The van der Waals surface area contributed by atoms with Crippen LogP contribution in [0.2, 0.25) is 0 Å². The van der Waals surface area contributed by atoms with E-state index in [1.54, 1.807) is 0 Å². The number of rotatable bonds is 13. The minimum absolute atomic E-state index is 0. The van der Waals surface area contributed by atoms with Crippen LogP contribution in [0, 0.1) is 0 Å². The molecule has 2 rings (SSSR count). The quantitative estimate of drug-likeness (QED) is 0.408. The first-order valence-corrected chi connectivity index (χ1v) is 10.8. The summed E-state index contributed by atoms with van der Waals surface area (Å²) in [5.74, 6) is 0.842.